The molecule has 0 unspecified atom stereocenters. The molecule has 4 heteroatoms. The Morgan fingerprint density at radius 3 is 2.44 bits per heavy atom. The molecule has 1 aliphatic rings. The van der Waals surface area contributed by atoms with Crippen molar-refractivity contribution in [2.45, 2.75) is 57.9 Å². The van der Waals surface area contributed by atoms with E-state index in [2.05, 4.69) is 10.6 Å². The lowest BCUT2D eigenvalue weighted by atomic mass is 9.95. The molecule has 0 aromatic heterocycles. The number of amides is 2. The summed E-state index contributed by atoms with van der Waals surface area (Å²) in [5.41, 5.74) is 0. The monoisotopic (exact) mass is 226 g/mol. The largest absolute Gasteiger partial charge is 0.348 e. The van der Waals surface area contributed by atoms with Crippen molar-refractivity contribution < 1.29 is 9.59 Å². The molecule has 2 amide bonds. The van der Waals surface area contributed by atoms with E-state index >= 15 is 0 Å². The molecule has 1 saturated carbocycles. The molecule has 0 radical (unpaired) electrons. The molecule has 0 aromatic carbocycles. The molecule has 0 aromatic rings. The number of nitrogens with one attached hydrogen (secondary N) is 2. The van der Waals surface area contributed by atoms with Crippen LogP contribution in [0.2, 0.25) is 0 Å². The van der Waals surface area contributed by atoms with Crippen molar-refractivity contribution in [3.63, 3.8) is 0 Å². The number of unbranched alkanes of at least 4 members (excludes halogenated alkanes) is 1. The third kappa shape index (κ3) is 4.64. The van der Waals surface area contributed by atoms with Crippen molar-refractivity contribution in [3.8, 4) is 0 Å². The standard InChI is InChI=1S/C12H22N2O2/c1-2-3-9-13-11(15)12(16)14-10-7-5-4-6-8-10/h10H,2-9H2,1H3,(H,13,15)(H,14,16). The molecule has 1 aliphatic carbocycles. The van der Waals surface area contributed by atoms with Gasteiger partial charge in [-0.05, 0) is 19.3 Å². The van der Waals surface area contributed by atoms with Gasteiger partial charge in [-0.25, -0.2) is 0 Å². The Morgan fingerprint density at radius 2 is 1.81 bits per heavy atom. The van der Waals surface area contributed by atoms with Gasteiger partial charge in [0.2, 0.25) is 0 Å². The van der Waals surface area contributed by atoms with Gasteiger partial charge in [0, 0.05) is 12.6 Å². The average molecular weight is 226 g/mol. The Bertz CT molecular complexity index is 235. The summed E-state index contributed by atoms with van der Waals surface area (Å²) in [5, 5.41) is 5.42. The molecule has 2 N–H and O–H groups in total. The van der Waals surface area contributed by atoms with Crippen molar-refractivity contribution >= 4 is 11.8 Å². The molecule has 0 aliphatic heterocycles. The van der Waals surface area contributed by atoms with E-state index in [4.69, 9.17) is 0 Å². The van der Waals surface area contributed by atoms with Crippen molar-refractivity contribution in [3.05, 3.63) is 0 Å². The first-order valence-electron chi connectivity index (χ1n) is 6.32. The summed E-state index contributed by atoms with van der Waals surface area (Å²) in [4.78, 5) is 22.9. The SMILES string of the molecule is CCCCNC(=O)C(=O)NC1CCCCC1. The Hall–Kier alpha value is -1.06. The number of carbonyl (C=O) groups is 2. The van der Waals surface area contributed by atoms with Gasteiger partial charge < -0.3 is 10.6 Å². The van der Waals surface area contributed by atoms with Gasteiger partial charge in [0.25, 0.3) is 0 Å². The highest BCUT2D eigenvalue weighted by Gasteiger charge is 2.19. The highest BCUT2D eigenvalue weighted by Crippen LogP contribution is 2.17. The van der Waals surface area contributed by atoms with Gasteiger partial charge in [0.15, 0.2) is 0 Å². The quantitative estimate of drug-likeness (QED) is 0.561. The molecule has 0 spiro atoms. The maximum absolute atomic E-state index is 11.5. The van der Waals surface area contributed by atoms with Crippen LogP contribution in [0.25, 0.3) is 0 Å². The minimum Gasteiger partial charge on any atom is -0.348 e. The minimum absolute atomic E-state index is 0.207. The van der Waals surface area contributed by atoms with Gasteiger partial charge in [-0.1, -0.05) is 32.6 Å². The molecule has 0 saturated heterocycles. The Kier molecular flexibility index (Phi) is 5.90. The normalized spacial score (nSPS) is 16.8. The van der Waals surface area contributed by atoms with Crippen LogP contribution in [0.3, 0.4) is 0 Å². The molecule has 4 nitrogen and oxygen atoms in total. The van der Waals surface area contributed by atoms with Crippen molar-refractivity contribution in [1.82, 2.24) is 10.6 Å². The van der Waals surface area contributed by atoms with Crippen LogP contribution in [0.4, 0.5) is 0 Å². The smallest absolute Gasteiger partial charge is 0.309 e. The maximum atomic E-state index is 11.5. The van der Waals surface area contributed by atoms with E-state index < -0.39 is 11.8 Å². The molecular weight excluding hydrogens is 204 g/mol. The second-order valence-electron chi connectivity index (χ2n) is 4.42. The summed E-state index contributed by atoms with van der Waals surface area (Å²) in [6.07, 6.45) is 7.51. The second kappa shape index (κ2) is 7.25. The zero-order chi connectivity index (χ0) is 11.8. The second-order valence-corrected chi connectivity index (χ2v) is 4.42. The predicted octanol–water partition coefficient (Wildman–Crippen LogP) is 1.35. The lowest BCUT2D eigenvalue weighted by Gasteiger charge is -2.22. The fourth-order valence-electron chi connectivity index (χ4n) is 1.96. The van der Waals surface area contributed by atoms with E-state index in [9.17, 15) is 9.59 Å². The summed E-state index contributed by atoms with van der Waals surface area (Å²) in [6.45, 7) is 2.64. The summed E-state index contributed by atoms with van der Waals surface area (Å²) in [7, 11) is 0. The molecule has 0 atom stereocenters. The Morgan fingerprint density at radius 1 is 1.12 bits per heavy atom. The highest BCUT2D eigenvalue weighted by molar-refractivity contribution is 6.35. The summed E-state index contributed by atoms with van der Waals surface area (Å²) in [6, 6.07) is 0.207. The van der Waals surface area contributed by atoms with Crippen LogP contribution < -0.4 is 10.6 Å². The van der Waals surface area contributed by atoms with Gasteiger partial charge in [0.1, 0.15) is 0 Å². The van der Waals surface area contributed by atoms with E-state index in [0.29, 0.717) is 6.54 Å². The van der Waals surface area contributed by atoms with E-state index in [1.165, 1.54) is 6.42 Å². The summed E-state index contributed by atoms with van der Waals surface area (Å²) in [5.74, 6) is -0.956. The van der Waals surface area contributed by atoms with Gasteiger partial charge >= 0.3 is 11.8 Å². The van der Waals surface area contributed by atoms with Crippen molar-refractivity contribution in [1.29, 1.82) is 0 Å². The first-order valence-corrected chi connectivity index (χ1v) is 6.32. The zero-order valence-electron chi connectivity index (χ0n) is 10.1. The van der Waals surface area contributed by atoms with Gasteiger partial charge in [0.05, 0.1) is 0 Å². The van der Waals surface area contributed by atoms with Crippen LogP contribution in [-0.2, 0) is 9.59 Å². The Balaban J connectivity index is 2.19. The zero-order valence-corrected chi connectivity index (χ0v) is 10.1. The Labute approximate surface area is 97.2 Å². The van der Waals surface area contributed by atoms with E-state index in [0.717, 1.165) is 38.5 Å². The number of hydrogen-bond donors (Lipinski definition) is 2. The van der Waals surface area contributed by atoms with Crippen LogP contribution in [0.5, 0.6) is 0 Å². The fourth-order valence-corrected chi connectivity index (χ4v) is 1.96. The van der Waals surface area contributed by atoms with E-state index in [1.54, 1.807) is 0 Å². The molecule has 0 heterocycles. The molecular formula is C12H22N2O2. The first kappa shape index (κ1) is 13.0. The first-order chi connectivity index (χ1) is 7.74. The van der Waals surface area contributed by atoms with Crippen molar-refractivity contribution in [2.75, 3.05) is 6.54 Å². The third-order valence-electron chi connectivity index (χ3n) is 2.96. The summed E-state index contributed by atoms with van der Waals surface area (Å²) < 4.78 is 0. The fraction of sp³-hybridized carbons (Fsp3) is 0.833. The van der Waals surface area contributed by atoms with Crippen LogP contribution >= 0.6 is 0 Å². The summed E-state index contributed by atoms with van der Waals surface area (Å²) >= 11 is 0. The van der Waals surface area contributed by atoms with Crippen LogP contribution in [0, 0.1) is 0 Å². The van der Waals surface area contributed by atoms with Crippen LogP contribution in [0.15, 0.2) is 0 Å². The molecule has 92 valence electrons. The number of hydrogen-bond acceptors (Lipinski definition) is 2. The van der Waals surface area contributed by atoms with Gasteiger partial charge in [-0.3, -0.25) is 9.59 Å². The lowest BCUT2D eigenvalue weighted by molar-refractivity contribution is -0.139. The van der Waals surface area contributed by atoms with Gasteiger partial charge in [-0.2, -0.15) is 0 Å². The van der Waals surface area contributed by atoms with Gasteiger partial charge in [-0.15, -0.1) is 0 Å². The van der Waals surface area contributed by atoms with Crippen molar-refractivity contribution in [2.24, 2.45) is 0 Å². The molecule has 0 bridgehead atoms. The van der Waals surface area contributed by atoms with E-state index in [1.807, 2.05) is 6.92 Å². The van der Waals surface area contributed by atoms with Crippen LogP contribution in [0.1, 0.15) is 51.9 Å². The molecule has 1 fully saturated rings. The topological polar surface area (TPSA) is 58.2 Å². The minimum atomic E-state index is -0.487. The van der Waals surface area contributed by atoms with E-state index in [-0.39, 0.29) is 6.04 Å². The molecule has 16 heavy (non-hydrogen) atoms. The number of carbonyl (C=O) groups excluding carboxylic acids is 2. The number of rotatable bonds is 4. The lowest BCUT2D eigenvalue weighted by Crippen LogP contribution is -2.45. The molecule has 1 rings (SSSR count). The average Bonchev–Trinajstić information content (AvgIpc) is 2.30. The maximum Gasteiger partial charge on any atom is 0.309 e. The highest BCUT2D eigenvalue weighted by atomic mass is 16.2. The predicted molar refractivity (Wildman–Crippen MR) is 62.9 cm³/mol. The third-order valence-corrected chi connectivity index (χ3v) is 2.96. The van der Waals surface area contributed by atoms with Crippen LogP contribution in [-0.4, -0.2) is 24.4 Å².